The Balaban J connectivity index is 2.43. The third kappa shape index (κ3) is 3.74. The molecule has 0 fully saturated rings. The van der Waals surface area contributed by atoms with Crippen molar-refractivity contribution in [1.29, 1.82) is 0 Å². The average Bonchev–Trinajstić information content (AvgIpc) is 2.59. The fraction of sp³-hybridized carbons (Fsp3) is 0.455. The summed E-state index contributed by atoms with van der Waals surface area (Å²) in [5.41, 5.74) is 6.29. The Morgan fingerprint density at radius 3 is 2.59 bits per heavy atom. The Morgan fingerprint density at radius 1 is 1.47 bits per heavy atom. The number of nitrogens with zero attached hydrogens (tertiary/aromatic N) is 1. The third-order valence-corrected chi connectivity index (χ3v) is 3.37. The fourth-order valence-corrected chi connectivity index (χ4v) is 2.06. The zero-order valence-electron chi connectivity index (χ0n) is 10.2. The highest BCUT2D eigenvalue weighted by Gasteiger charge is 2.11. The Bertz CT molecular complexity index is 407. The van der Waals surface area contributed by atoms with Gasteiger partial charge in [-0.2, -0.15) is 0 Å². The van der Waals surface area contributed by atoms with Gasteiger partial charge in [0.15, 0.2) is 0 Å². The summed E-state index contributed by atoms with van der Waals surface area (Å²) in [7, 11) is 3.38. The minimum Gasteiger partial charge on any atom is -0.398 e. The van der Waals surface area contributed by atoms with E-state index in [-0.39, 0.29) is 11.8 Å². The van der Waals surface area contributed by atoms with Gasteiger partial charge >= 0.3 is 0 Å². The quantitative estimate of drug-likeness (QED) is 0.837. The van der Waals surface area contributed by atoms with Crippen LogP contribution in [0, 0.1) is 6.92 Å². The van der Waals surface area contributed by atoms with E-state index in [2.05, 4.69) is 5.32 Å². The van der Waals surface area contributed by atoms with E-state index >= 15 is 0 Å². The van der Waals surface area contributed by atoms with E-state index in [1.54, 1.807) is 20.2 Å². The molecule has 6 heteroatoms. The highest BCUT2D eigenvalue weighted by Crippen LogP contribution is 2.22. The van der Waals surface area contributed by atoms with Crippen molar-refractivity contribution in [3.8, 4) is 0 Å². The second kappa shape index (κ2) is 5.67. The van der Waals surface area contributed by atoms with Gasteiger partial charge in [-0.25, -0.2) is 0 Å². The van der Waals surface area contributed by atoms with E-state index < -0.39 is 0 Å². The molecule has 0 unspecified atom stereocenters. The lowest BCUT2D eigenvalue weighted by Gasteiger charge is -2.09. The number of nitrogens with one attached hydrogen (secondary N) is 1. The maximum atomic E-state index is 11.7. The lowest BCUT2D eigenvalue weighted by Crippen LogP contribution is -2.29. The van der Waals surface area contributed by atoms with Crippen molar-refractivity contribution in [2.24, 2.45) is 0 Å². The SMILES string of the molecule is Cc1sc(C(=O)NCCC(=O)N(C)C)cc1N. The average molecular weight is 255 g/mol. The van der Waals surface area contributed by atoms with Gasteiger partial charge in [0.25, 0.3) is 5.91 Å². The molecule has 0 aliphatic carbocycles. The second-order valence-corrected chi connectivity index (χ2v) is 5.17. The number of carbonyl (C=O) groups excluding carboxylic acids is 2. The normalized spacial score (nSPS) is 10.1. The predicted octanol–water partition coefficient (Wildman–Crippen LogP) is 0.847. The standard InChI is InChI=1S/C11H17N3O2S/c1-7-8(12)6-9(17-7)11(16)13-5-4-10(15)14(2)3/h6H,4-5,12H2,1-3H3,(H,13,16). The van der Waals surface area contributed by atoms with E-state index in [1.165, 1.54) is 16.2 Å². The number of amides is 2. The van der Waals surface area contributed by atoms with Crippen LogP contribution in [0.2, 0.25) is 0 Å². The molecule has 0 aliphatic rings. The summed E-state index contributed by atoms with van der Waals surface area (Å²) < 4.78 is 0. The Labute approximate surface area is 105 Å². The van der Waals surface area contributed by atoms with Gasteiger partial charge in [-0.05, 0) is 13.0 Å². The molecule has 3 N–H and O–H groups in total. The van der Waals surface area contributed by atoms with E-state index in [4.69, 9.17) is 5.73 Å². The molecule has 1 aromatic rings. The Morgan fingerprint density at radius 2 is 2.12 bits per heavy atom. The molecule has 0 saturated heterocycles. The molecule has 0 aliphatic heterocycles. The first kappa shape index (κ1) is 13.5. The number of hydrogen-bond donors (Lipinski definition) is 2. The summed E-state index contributed by atoms with van der Waals surface area (Å²) in [6.07, 6.45) is 0.304. The van der Waals surface area contributed by atoms with Crippen molar-refractivity contribution in [3.05, 3.63) is 15.8 Å². The van der Waals surface area contributed by atoms with Crippen LogP contribution in [0.1, 0.15) is 21.0 Å². The van der Waals surface area contributed by atoms with E-state index in [9.17, 15) is 9.59 Å². The zero-order valence-corrected chi connectivity index (χ0v) is 11.1. The third-order valence-electron chi connectivity index (χ3n) is 2.30. The molecular formula is C11H17N3O2S. The summed E-state index contributed by atoms with van der Waals surface area (Å²) in [5.74, 6) is -0.187. The summed E-state index contributed by atoms with van der Waals surface area (Å²) in [5, 5.41) is 2.69. The van der Waals surface area contributed by atoms with Crippen LogP contribution >= 0.6 is 11.3 Å². The molecule has 2 amide bonds. The minimum absolute atomic E-state index is 0.00725. The van der Waals surface area contributed by atoms with Gasteiger partial charge in [0, 0.05) is 37.6 Å². The predicted molar refractivity (Wildman–Crippen MR) is 69.1 cm³/mol. The molecule has 0 atom stereocenters. The van der Waals surface area contributed by atoms with Crippen molar-refractivity contribution in [1.82, 2.24) is 10.2 Å². The lowest BCUT2D eigenvalue weighted by atomic mass is 10.3. The first-order chi connectivity index (χ1) is 7.91. The Kier molecular flexibility index (Phi) is 4.51. The topological polar surface area (TPSA) is 75.4 Å². The maximum absolute atomic E-state index is 11.7. The number of anilines is 1. The molecule has 5 nitrogen and oxygen atoms in total. The van der Waals surface area contributed by atoms with Crippen LogP contribution < -0.4 is 11.1 Å². The van der Waals surface area contributed by atoms with Crippen LogP contribution in [0.3, 0.4) is 0 Å². The molecule has 0 bridgehead atoms. The number of thiophene rings is 1. The van der Waals surface area contributed by atoms with Crippen LogP contribution in [0.5, 0.6) is 0 Å². The van der Waals surface area contributed by atoms with E-state index in [0.29, 0.717) is 23.5 Å². The largest absolute Gasteiger partial charge is 0.398 e. The molecule has 1 rings (SSSR count). The number of aryl methyl sites for hydroxylation is 1. The van der Waals surface area contributed by atoms with E-state index in [0.717, 1.165) is 4.88 Å². The molecule has 0 saturated carbocycles. The zero-order chi connectivity index (χ0) is 13.0. The second-order valence-electron chi connectivity index (χ2n) is 3.92. The van der Waals surface area contributed by atoms with Crippen molar-refractivity contribution in [2.45, 2.75) is 13.3 Å². The van der Waals surface area contributed by atoms with Crippen LogP contribution in [-0.2, 0) is 4.79 Å². The minimum atomic E-state index is -0.179. The van der Waals surface area contributed by atoms with Gasteiger partial charge < -0.3 is 16.0 Å². The molecule has 0 aromatic carbocycles. The molecule has 0 spiro atoms. The van der Waals surface area contributed by atoms with Gasteiger partial charge in [-0.1, -0.05) is 0 Å². The van der Waals surface area contributed by atoms with Crippen LogP contribution in [0.25, 0.3) is 0 Å². The van der Waals surface area contributed by atoms with Gasteiger partial charge in [0.1, 0.15) is 0 Å². The fourth-order valence-electron chi connectivity index (χ4n) is 1.20. The van der Waals surface area contributed by atoms with Gasteiger partial charge in [0.2, 0.25) is 5.91 Å². The molecular weight excluding hydrogens is 238 g/mol. The lowest BCUT2D eigenvalue weighted by molar-refractivity contribution is -0.128. The van der Waals surface area contributed by atoms with Crippen molar-refractivity contribution in [2.75, 3.05) is 26.4 Å². The maximum Gasteiger partial charge on any atom is 0.261 e. The molecule has 1 aromatic heterocycles. The van der Waals surface area contributed by atoms with Gasteiger partial charge in [-0.3, -0.25) is 9.59 Å². The smallest absolute Gasteiger partial charge is 0.261 e. The highest BCUT2D eigenvalue weighted by atomic mass is 32.1. The highest BCUT2D eigenvalue weighted by molar-refractivity contribution is 7.14. The number of nitrogen functional groups attached to an aromatic ring is 1. The molecule has 0 radical (unpaired) electrons. The van der Waals surface area contributed by atoms with Gasteiger partial charge in [-0.15, -0.1) is 11.3 Å². The number of rotatable bonds is 4. The summed E-state index contributed by atoms with van der Waals surface area (Å²) in [4.78, 5) is 26.0. The Hall–Kier alpha value is -1.56. The van der Waals surface area contributed by atoms with Crippen molar-refractivity contribution >= 4 is 28.8 Å². The van der Waals surface area contributed by atoms with Crippen LogP contribution in [-0.4, -0.2) is 37.4 Å². The van der Waals surface area contributed by atoms with Crippen molar-refractivity contribution in [3.63, 3.8) is 0 Å². The summed E-state index contributed by atoms with van der Waals surface area (Å²) in [6, 6.07) is 1.66. The summed E-state index contributed by atoms with van der Waals surface area (Å²) in [6.45, 7) is 2.21. The monoisotopic (exact) mass is 255 g/mol. The molecule has 1 heterocycles. The number of hydrogen-bond acceptors (Lipinski definition) is 4. The van der Waals surface area contributed by atoms with E-state index in [1.807, 2.05) is 6.92 Å². The molecule has 17 heavy (non-hydrogen) atoms. The van der Waals surface area contributed by atoms with Crippen molar-refractivity contribution < 1.29 is 9.59 Å². The summed E-state index contributed by atoms with van der Waals surface area (Å²) >= 11 is 1.36. The number of carbonyl (C=O) groups is 2. The van der Waals surface area contributed by atoms with Crippen LogP contribution in [0.15, 0.2) is 6.07 Å². The molecule has 94 valence electrons. The number of nitrogens with two attached hydrogens (primary N) is 1. The first-order valence-electron chi connectivity index (χ1n) is 5.26. The first-order valence-corrected chi connectivity index (χ1v) is 6.07. The van der Waals surface area contributed by atoms with Crippen LogP contribution in [0.4, 0.5) is 5.69 Å². The van der Waals surface area contributed by atoms with Gasteiger partial charge in [0.05, 0.1) is 4.88 Å².